The van der Waals surface area contributed by atoms with Gasteiger partial charge in [0.1, 0.15) is 105 Å². The number of carbonyl (C=O) groups excluding carboxylic acids is 1. The van der Waals surface area contributed by atoms with Gasteiger partial charge in [-0.2, -0.15) is 0 Å². The fourth-order valence-electron chi connectivity index (χ4n) is 7.71. The summed E-state index contributed by atoms with van der Waals surface area (Å²) >= 11 is 0. The third-order valence-electron chi connectivity index (χ3n) is 11.4. The molecule has 70 heavy (non-hydrogen) atoms. The summed E-state index contributed by atoms with van der Waals surface area (Å²) in [6, 6.07) is 3.96. The number of aliphatic hydroxyl groups excluding tert-OH is 13. The lowest BCUT2D eigenvalue weighted by molar-refractivity contribution is -0.438. The Bertz CT molecular complexity index is 1890. The maximum Gasteiger partial charge on any atom is 0.408 e. The van der Waals surface area contributed by atoms with Gasteiger partial charge in [-0.05, 0) is 23.7 Å². The molecule has 4 aliphatic heterocycles. The number of hydrogen-bond acceptors (Lipinski definition) is 26. The van der Waals surface area contributed by atoms with Crippen LogP contribution in [0.1, 0.15) is 18.4 Å². The Balaban J connectivity index is 1.20. The number of benzene rings is 1. The van der Waals surface area contributed by atoms with Crippen LogP contribution in [0.15, 0.2) is 23.3 Å². The van der Waals surface area contributed by atoms with Gasteiger partial charge in [-0.3, -0.25) is 0 Å². The van der Waals surface area contributed by atoms with E-state index in [1.54, 1.807) is 0 Å². The Labute approximate surface area is 397 Å². The van der Waals surface area contributed by atoms with Gasteiger partial charge in [-0.15, -0.1) is 12.3 Å². The number of anilines is 1. The van der Waals surface area contributed by atoms with Crippen LogP contribution in [0, 0.1) is 12.3 Å². The molecular weight excluding hydrogens is 953 g/mol. The zero-order chi connectivity index (χ0) is 51.3. The second-order valence-electron chi connectivity index (χ2n) is 16.3. The van der Waals surface area contributed by atoms with E-state index in [0.717, 1.165) is 0 Å². The fourth-order valence-corrected chi connectivity index (χ4v) is 7.71. The topological polar surface area (TPSA) is 445 Å². The molecular formula is C40H60FN5O24. The molecule has 0 bridgehead atoms. The van der Waals surface area contributed by atoms with E-state index in [0.29, 0.717) is 0 Å². The van der Waals surface area contributed by atoms with Gasteiger partial charge in [0.25, 0.3) is 0 Å². The minimum absolute atomic E-state index is 0.0186. The molecule has 4 heterocycles. The van der Waals surface area contributed by atoms with E-state index in [2.05, 4.69) is 26.6 Å². The van der Waals surface area contributed by atoms with Crippen molar-refractivity contribution >= 4 is 11.8 Å². The summed E-state index contributed by atoms with van der Waals surface area (Å²) in [5.41, 5.74) is 8.42. The first kappa shape index (κ1) is 57.0. The Morgan fingerprint density at radius 1 is 0.814 bits per heavy atom. The van der Waals surface area contributed by atoms with Gasteiger partial charge in [-0.1, -0.05) is 5.11 Å². The highest BCUT2D eigenvalue weighted by Crippen LogP contribution is 2.38. The summed E-state index contributed by atoms with van der Waals surface area (Å²) in [6.45, 7) is -4.96. The Morgan fingerprint density at radius 2 is 1.43 bits per heavy atom. The molecule has 1 aromatic carbocycles. The SMILES string of the molecule is C#CCC(NC(=O)OCCOCCN=[N+]=[N-])Nc1ccc(O[C@@H]2OC(CO)[C@H](O[C@H]3OC(CO)[C@H](O[C@H]4OC(CO)(O[C@H]5OC(CO)[C@@H](O)C(O)C5O)CC(O)C4O)C(O)C3O)C(O)C2O)c(CF)c1. The number of aliphatic hydroxyl groups is 13. The number of nitrogens with one attached hydrogen (secondary N) is 2. The Hall–Kier alpha value is -3.95. The summed E-state index contributed by atoms with van der Waals surface area (Å²) in [4.78, 5) is 14.9. The van der Waals surface area contributed by atoms with Gasteiger partial charge in [-0.25, -0.2) is 9.18 Å². The van der Waals surface area contributed by atoms with Gasteiger partial charge in [0, 0.05) is 35.5 Å². The lowest BCUT2D eigenvalue weighted by atomic mass is 9.96. The van der Waals surface area contributed by atoms with Gasteiger partial charge < -0.3 is 124 Å². The molecule has 0 radical (unpaired) electrons. The summed E-state index contributed by atoms with van der Waals surface area (Å²) in [5, 5.41) is 146. The number of carbonyl (C=O) groups is 1. The maximum absolute atomic E-state index is 14.4. The van der Waals surface area contributed by atoms with E-state index >= 15 is 0 Å². The molecule has 29 nitrogen and oxygen atoms in total. The molecule has 1 amide bonds. The zero-order valence-electron chi connectivity index (χ0n) is 37.1. The zero-order valence-corrected chi connectivity index (χ0v) is 37.1. The van der Waals surface area contributed by atoms with Crippen LogP contribution in [0.25, 0.3) is 10.4 Å². The first-order chi connectivity index (χ1) is 33.5. The molecule has 4 fully saturated rings. The molecule has 0 saturated carbocycles. The van der Waals surface area contributed by atoms with E-state index in [4.69, 9.17) is 59.3 Å². The van der Waals surface area contributed by atoms with Crippen LogP contribution < -0.4 is 15.4 Å². The Morgan fingerprint density at radius 3 is 2.04 bits per heavy atom. The molecule has 4 saturated heterocycles. The van der Waals surface area contributed by atoms with Gasteiger partial charge >= 0.3 is 6.09 Å². The van der Waals surface area contributed by atoms with Crippen molar-refractivity contribution in [2.45, 2.75) is 142 Å². The fraction of sp³-hybridized carbons (Fsp3) is 0.775. The molecule has 1 aromatic rings. The maximum atomic E-state index is 14.4. The quantitative estimate of drug-likeness (QED) is 0.0121. The molecule has 13 unspecified atom stereocenters. The number of halogens is 1. The molecule has 0 aliphatic carbocycles. The monoisotopic (exact) mass is 1010 g/mol. The normalized spacial score (nSPS) is 38.1. The Kier molecular flexibility index (Phi) is 21.7. The van der Waals surface area contributed by atoms with Crippen LogP contribution in [0.4, 0.5) is 14.9 Å². The molecule has 4 aliphatic rings. The summed E-state index contributed by atoms with van der Waals surface area (Å²) in [5.74, 6) is -0.213. The van der Waals surface area contributed by atoms with Crippen LogP contribution in [0.3, 0.4) is 0 Å². The largest absolute Gasteiger partial charge is 0.462 e. The number of alkyl carbamates (subject to hydrolysis) is 1. The van der Waals surface area contributed by atoms with Crippen molar-refractivity contribution in [3.05, 3.63) is 34.2 Å². The predicted octanol–water partition coefficient (Wildman–Crippen LogP) is -6.03. The lowest BCUT2D eigenvalue weighted by Gasteiger charge is -2.50. The average Bonchev–Trinajstić information content (AvgIpc) is 3.35. The van der Waals surface area contributed by atoms with Crippen LogP contribution in [-0.4, -0.2) is 248 Å². The van der Waals surface area contributed by atoms with Crippen molar-refractivity contribution in [2.75, 3.05) is 58.1 Å². The summed E-state index contributed by atoms with van der Waals surface area (Å²) in [6.07, 6.45) is -30.9. The molecule has 0 spiro atoms. The van der Waals surface area contributed by atoms with Crippen molar-refractivity contribution < 1.29 is 123 Å². The molecule has 15 N–H and O–H groups in total. The van der Waals surface area contributed by atoms with E-state index < -0.39 is 168 Å². The van der Waals surface area contributed by atoms with E-state index in [1.807, 2.05) is 0 Å². The second-order valence-corrected chi connectivity index (χ2v) is 16.3. The lowest BCUT2D eigenvalue weighted by Crippen LogP contribution is -2.67. The highest BCUT2D eigenvalue weighted by Gasteiger charge is 2.56. The van der Waals surface area contributed by atoms with Crippen LogP contribution in [-0.2, 0) is 49.3 Å². The van der Waals surface area contributed by atoms with Gasteiger partial charge in [0.15, 0.2) is 24.7 Å². The highest BCUT2D eigenvalue weighted by atomic mass is 19.1. The predicted molar refractivity (Wildman–Crippen MR) is 223 cm³/mol. The van der Waals surface area contributed by atoms with Crippen molar-refractivity contribution in [1.82, 2.24) is 5.32 Å². The van der Waals surface area contributed by atoms with Crippen LogP contribution in [0.2, 0.25) is 0 Å². The molecule has 30 heteroatoms. The molecule has 5 rings (SSSR count). The standard InChI is InChI=1S/C40H60FN5O24/c1-2-3-24(45-39(60)62-9-8-61-7-6-43-46-42)44-18-4-5-20(17(10-18)12-41)63-35-31(58)28(55)33(22(14-48)65-35)67-36-32(59)29(56)34(23(15-49)66-36)68-37-25(52)19(51)11-40(16-50,69-37)70-38-30(57)27(54)26(53)21(13-47)64-38/h1,4-5,10,19,21-38,44,47-59H,3,6-9,11-16H2,(H,45,60)/t19?,21?,22?,23?,24?,25?,26-,27?,28?,29?,30?,31?,32?,33+,34+,35-,36-,37+,38-,40?/m1/s1. The summed E-state index contributed by atoms with van der Waals surface area (Å²) < 4.78 is 69.7. The van der Waals surface area contributed by atoms with E-state index in [-0.39, 0.29) is 49.8 Å². The number of nitrogens with zero attached hydrogens (tertiary/aromatic N) is 3. The van der Waals surface area contributed by atoms with Crippen LogP contribution in [0.5, 0.6) is 5.75 Å². The van der Waals surface area contributed by atoms with E-state index in [9.17, 15) is 75.6 Å². The third kappa shape index (κ3) is 14.0. The van der Waals surface area contributed by atoms with Crippen molar-refractivity contribution in [3.8, 4) is 18.1 Å². The number of hydrogen-bond donors (Lipinski definition) is 15. The van der Waals surface area contributed by atoms with Crippen molar-refractivity contribution in [2.24, 2.45) is 5.11 Å². The van der Waals surface area contributed by atoms with Crippen molar-refractivity contribution in [1.29, 1.82) is 0 Å². The second kappa shape index (κ2) is 26.7. The van der Waals surface area contributed by atoms with Gasteiger partial charge in [0.2, 0.25) is 6.29 Å². The number of ether oxygens (including phenoxy) is 10. The minimum atomic E-state index is -2.40. The average molecular weight is 1010 g/mol. The number of azide groups is 1. The molecule has 20 atom stereocenters. The van der Waals surface area contributed by atoms with Gasteiger partial charge in [0.05, 0.1) is 45.7 Å². The number of terminal acetylenes is 1. The minimum Gasteiger partial charge on any atom is -0.462 e. The molecule has 0 aromatic heterocycles. The number of rotatable bonds is 23. The summed E-state index contributed by atoms with van der Waals surface area (Å²) in [7, 11) is 0. The third-order valence-corrected chi connectivity index (χ3v) is 11.4. The van der Waals surface area contributed by atoms with Crippen LogP contribution >= 0.6 is 0 Å². The number of alkyl halides is 1. The first-order valence-electron chi connectivity index (χ1n) is 21.7. The van der Waals surface area contributed by atoms with E-state index in [1.165, 1.54) is 18.2 Å². The highest BCUT2D eigenvalue weighted by molar-refractivity contribution is 5.68. The van der Waals surface area contributed by atoms with Crippen molar-refractivity contribution in [3.63, 3.8) is 0 Å². The number of amides is 1. The molecule has 396 valence electrons. The first-order valence-corrected chi connectivity index (χ1v) is 21.7. The smallest absolute Gasteiger partial charge is 0.408 e.